The van der Waals surface area contributed by atoms with Crippen molar-refractivity contribution in [3.05, 3.63) is 41.5 Å². The standard InChI is InChI=1S/C17H20N2O2/c1-10-4-3-5-14(15(10)17(21)18-2)19-16(20)13-9-11-6-7-12(13)8-11/h3-7,11-13H,8-9H2,1-2H3,(H,18,21)(H,19,20)/t11-,12-,13-/m0/s1. The van der Waals surface area contributed by atoms with Crippen LogP contribution in [-0.4, -0.2) is 18.9 Å². The SMILES string of the molecule is CNC(=O)c1c(C)cccc1NC(=O)[C@H]1C[C@H]2C=C[C@H]1C2. The van der Waals surface area contributed by atoms with E-state index in [0.717, 1.165) is 18.4 Å². The van der Waals surface area contributed by atoms with Crippen molar-refractivity contribution in [2.45, 2.75) is 19.8 Å². The Morgan fingerprint density at radius 1 is 1.19 bits per heavy atom. The molecule has 1 aromatic carbocycles. The molecule has 0 radical (unpaired) electrons. The molecular formula is C17H20N2O2. The summed E-state index contributed by atoms with van der Waals surface area (Å²) in [6, 6.07) is 5.52. The maximum atomic E-state index is 12.5. The highest BCUT2D eigenvalue weighted by molar-refractivity contribution is 6.05. The molecule has 4 nitrogen and oxygen atoms in total. The monoisotopic (exact) mass is 284 g/mol. The molecule has 3 rings (SSSR count). The summed E-state index contributed by atoms with van der Waals surface area (Å²) < 4.78 is 0. The van der Waals surface area contributed by atoms with E-state index in [1.165, 1.54) is 0 Å². The summed E-state index contributed by atoms with van der Waals surface area (Å²) in [4.78, 5) is 24.5. The molecular weight excluding hydrogens is 264 g/mol. The quantitative estimate of drug-likeness (QED) is 0.838. The summed E-state index contributed by atoms with van der Waals surface area (Å²) in [7, 11) is 1.60. The Kier molecular flexibility index (Phi) is 3.53. The number of fused-ring (bicyclic) bond motifs is 2. The number of amides is 2. The number of allylic oxidation sites excluding steroid dienone is 2. The van der Waals surface area contributed by atoms with Crippen LogP contribution in [0.15, 0.2) is 30.4 Å². The molecule has 0 aromatic heterocycles. The number of anilines is 1. The first kappa shape index (κ1) is 13.9. The van der Waals surface area contributed by atoms with Crippen molar-refractivity contribution in [2.24, 2.45) is 17.8 Å². The lowest BCUT2D eigenvalue weighted by Gasteiger charge is -2.19. The van der Waals surface area contributed by atoms with Gasteiger partial charge in [-0.2, -0.15) is 0 Å². The van der Waals surface area contributed by atoms with Crippen molar-refractivity contribution in [1.82, 2.24) is 5.32 Å². The maximum absolute atomic E-state index is 12.5. The number of hydrogen-bond donors (Lipinski definition) is 2. The Morgan fingerprint density at radius 3 is 2.62 bits per heavy atom. The first-order valence-electron chi connectivity index (χ1n) is 7.41. The van der Waals surface area contributed by atoms with E-state index in [1.54, 1.807) is 13.1 Å². The van der Waals surface area contributed by atoms with E-state index in [1.807, 2.05) is 19.1 Å². The van der Waals surface area contributed by atoms with Crippen LogP contribution < -0.4 is 10.6 Å². The molecule has 0 heterocycles. The Hall–Kier alpha value is -2.10. The highest BCUT2D eigenvalue weighted by atomic mass is 16.2. The maximum Gasteiger partial charge on any atom is 0.253 e. The van der Waals surface area contributed by atoms with Crippen LogP contribution in [-0.2, 0) is 4.79 Å². The van der Waals surface area contributed by atoms with Crippen molar-refractivity contribution in [3.8, 4) is 0 Å². The second-order valence-electron chi connectivity index (χ2n) is 5.95. The zero-order valence-corrected chi connectivity index (χ0v) is 12.3. The largest absolute Gasteiger partial charge is 0.355 e. The van der Waals surface area contributed by atoms with Crippen LogP contribution in [0.1, 0.15) is 28.8 Å². The molecule has 2 aliphatic carbocycles. The lowest BCUT2D eigenvalue weighted by molar-refractivity contribution is -0.120. The van der Waals surface area contributed by atoms with Gasteiger partial charge in [0.05, 0.1) is 11.3 Å². The lowest BCUT2D eigenvalue weighted by Crippen LogP contribution is -2.28. The molecule has 0 aliphatic heterocycles. The van der Waals surface area contributed by atoms with Crippen molar-refractivity contribution in [3.63, 3.8) is 0 Å². The summed E-state index contributed by atoms with van der Waals surface area (Å²) in [6.07, 6.45) is 6.40. The van der Waals surface area contributed by atoms with Crippen LogP contribution in [0.4, 0.5) is 5.69 Å². The number of nitrogens with one attached hydrogen (secondary N) is 2. The second-order valence-corrected chi connectivity index (χ2v) is 5.95. The van der Waals surface area contributed by atoms with Gasteiger partial charge in [-0.1, -0.05) is 24.3 Å². The summed E-state index contributed by atoms with van der Waals surface area (Å²) >= 11 is 0. The fourth-order valence-electron chi connectivity index (χ4n) is 3.51. The van der Waals surface area contributed by atoms with Crippen LogP contribution in [0.25, 0.3) is 0 Å². The average Bonchev–Trinajstić information content (AvgIpc) is 3.09. The Balaban J connectivity index is 1.82. The predicted octanol–water partition coefficient (Wildman–Crippen LogP) is 2.51. The van der Waals surface area contributed by atoms with E-state index in [-0.39, 0.29) is 17.7 Å². The third-order valence-electron chi connectivity index (χ3n) is 4.60. The van der Waals surface area contributed by atoms with Gasteiger partial charge in [-0.15, -0.1) is 0 Å². The lowest BCUT2D eigenvalue weighted by atomic mass is 9.92. The van der Waals surface area contributed by atoms with Crippen molar-refractivity contribution in [1.29, 1.82) is 0 Å². The Bertz CT molecular complexity index is 621. The van der Waals surface area contributed by atoms with Gasteiger partial charge in [-0.3, -0.25) is 9.59 Å². The van der Waals surface area contributed by atoms with Gasteiger partial charge >= 0.3 is 0 Å². The van der Waals surface area contributed by atoms with Gasteiger partial charge in [0.2, 0.25) is 5.91 Å². The van der Waals surface area contributed by atoms with Gasteiger partial charge in [-0.05, 0) is 43.2 Å². The molecule has 2 N–H and O–H groups in total. The minimum absolute atomic E-state index is 0.0302. The fraction of sp³-hybridized carbons (Fsp3) is 0.412. The summed E-state index contributed by atoms with van der Waals surface area (Å²) in [5.74, 6) is 0.821. The number of hydrogen-bond acceptors (Lipinski definition) is 2. The van der Waals surface area contributed by atoms with Gasteiger partial charge < -0.3 is 10.6 Å². The van der Waals surface area contributed by atoms with Gasteiger partial charge in [0.15, 0.2) is 0 Å². The summed E-state index contributed by atoms with van der Waals surface area (Å²) in [5, 5.41) is 5.59. The number of rotatable bonds is 3. The highest BCUT2D eigenvalue weighted by Crippen LogP contribution is 2.43. The third kappa shape index (κ3) is 2.46. The van der Waals surface area contributed by atoms with E-state index < -0.39 is 0 Å². The van der Waals surface area contributed by atoms with Gasteiger partial charge in [0.25, 0.3) is 5.91 Å². The van der Waals surface area contributed by atoms with E-state index in [9.17, 15) is 9.59 Å². The van der Waals surface area contributed by atoms with Crippen LogP contribution in [0.5, 0.6) is 0 Å². The minimum Gasteiger partial charge on any atom is -0.355 e. The highest BCUT2D eigenvalue weighted by Gasteiger charge is 2.39. The first-order valence-corrected chi connectivity index (χ1v) is 7.41. The number of carbonyl (C=O) groups is 2. The predicted molar refractivity (Wildman–Crippen MR) is 82.0 cm³/mol. The molecule has 3 atom stereocenters. The molecule has 1 fully saturated rings. The zero-order valence-electron chi connectivity index (χ0n) is 12.3. The number of carbonyl (C=O) groups excluding carboxylic acids is 2. The fourth-order valence-corrected chi connectivity index (χ4v) is 3.51. The third-order valence-corrected chi connectivity index (χ3v) is 4.60. The molecule has 0 saturated heterocycles. The van der Waals surface area contributed by atoms with E-state index in [2.05, 4.69) is 22.8 Å². The Morgan fingerprint density at radius 2 is 2.00 bits per heavy atom. The van der Waals surface area contributed by atoms with Gasteiger partial charge in [0, 0.05) is 13.0 Å². The molecule has 1 saturated carbocycles. The summed E-state index contributed by atoms with van der Waals surface area (Å²) in [5.41, 5.74) is 2.01. The minimum atomic E-state index is -0.170. The zero-order chi connectivity index (χ0) is 15.0. The number of benzene rings is 1. The molecule has 2 amide bonds. The van der Waals surface area contributed by atoms with Crippen LogP contribution >= 0.6 is 0 Å². The molecule has 0 unspecified atom stereocenters. The van der Waals surface area contributed by atoms with Crippen LogP contribution in [0, 0.1) is 24.7 Å². The molecule has 110 valence electrons. The van der Waals surface area contributed by atoms with E-state index in [4.69, 9.17) is 0 Å². The van der Waals surface area contributed by atoms with Crippen molar-refractivity contribution < 1.29 is 9.59 Å². The molecule has 2 aliphatic rings. The van der Waals surface area contributed by atoms with Gasteiger partial charge in [-0.25, -0.2) is 0 Å². The van der Waals surface area contributed by atoms with E-state index >= 15 is 0 Å². The van der Waals surface area contributed by atoms with Crippen molar-refractivity contribution >= 4 is 17.5 Å². The normalized spacial score (nSPS) is 25.9. The molecule has 0 spiro atoms. The Labute approximate surface area is 124 Å². The van der Waals surface area contributed by atoms with Gasteiger partial charge in [0.1, 0.15) is 0 Å². The van der Waals surface area contributed by atoms with Crippen LogP contribution in [0.2, 0.25) is 0 Å². The second kappa shape index (κ2) is 5.35. The molecule has 1 aromatic rings. The molecule has 4 heteroatoms. The topological polar surface area (TPSA) is 58.2 Å². The van der Waals surface area contributed by atoms with E-state index in [0.29, 0.717) is 23.1 Å². The molecule has 2 bridgehead atoms. The van der Waals surface area contributed by atoms with Crippen molar-refractivity contribution in [2.75, 3.05) is 12.4 Å². The first-order chi connectivity index (χ1) is 10.1. The molecule has 21 heavy (non-hydrogen) atoms. The van der Waals surface area contributed by atoms with Crippen LogP contribution in [0.3, 0.4) is 0 Å². The summed E-state index contributed by atoms with van der Waals surface area (Å²) in [6.45, 7) is 1.88. The average molecular weight is 284 g/mol. The smallest absolute Gasteiger partial charge is 0.253 e. The number of aryl methyl sites for hydroxylation is 1.